The third-order valence-electron chi connectivity index (χ3n) is 11.2. The van der Waals surface area contributed by atoms with Crippen LogP contribution in [0.5, 0.6) is 5.75 Å². The summed E-state index contributed by atoms with van der Waals surface area (Å²) in [5.74, 6) is -2.15. The molecule has 3 aromatic carbocycles. The molecule has 324 valence electrons. The van der Waals surface area contributed by atoms with Crippen LogP contribution >= 0.6 is 0 Å². The highest BCUT2D eigenvalue weighted by Crippen LogP contribution is 2.42. The molecule has 17 nitrogen and oxygen atoms in total. The van der Waals surface area contributed by atoms with Gasteiger partial charge in [-0.3, -0.25) is 4.79 Å². The Morgan fingerprint density at radius 3 is 2.26 bits per heavy atom. The summed E-state index contributed by atoms with van der Waals surface area (Å²) in [6.45, 7) is 8.35. The van der Waals surface area contributed by atoms with E-state index >= 15 is 4.39 Å². The van der Waals surface area contributed by atoms with Crippen LogP contribution in [0.25, 0.3) is 5.69 Å². The molecule has 0 saturated carbocycles. The Morgan fingerprint density at radius 2 is 1.64 bits per heavy atom. The number of benzene rings is 3. The molecule has 0 aliphatic carbocycles. The van der Waals surface area contributed by atoms with Gasteiger partial charge in [0.1, 0.15) is 42.4 Å². The van der Waals surface area contributed by atoms with E-state index in [1.807, 2.05) is 55.5 Å². The Bertz CT molecular complexity index is 2350. The smallest absolute Gasteiger partial charge is 0.410 e. The van der Waals surface area contributed by atoms with E-state index in [0.29, 0.717) is 24.3 Å². The molecule has 7 rings (SSSR count). The lowest BCUT2D eigenvalue weighted by molar-refractivity contribution is -0.753. The maximum absolute atomic E-state index is 15.4. The van der Waals surface area contributed by atoms with E-state index in [1.54, 1.807) is 20.2 Å². The number of aliphatic hydroxyl groups is 1. The van der Waals surface area contributed by atoms with Crippen LogP contribution in [0.2, 0.25) is 0 Å². The van der Waals surface area contributed by atoms with Gasteiger partial charge in [0.25, 0.3) is 6.33 Å². The van der Waals surface area contributed by atoms with Crippen LogP contribution in [0.1, 0.15) is 51.4 Å². The Labute approximate surface area is 350 Å². The van der Waals surface area contributed by atoms with Crippen molar-refractivity contribution in [3.63, 3.8) is 0 Å². The third kappa shape index (κ3) is 9.84. The summed E-state index contributed by atoms with van der Waals surface area (Å²) >= 11 is 0. The van der Waals surface area contributed by atoms with Crippen LogP contribution in [0, 0.1) is 17.6 Å². The quantitative estimate of drug-likeness (QED) is 0.123. The van der Waals surface area contributed by atoms with Gasteiger partial charge in [0.15, 0.2) is 0 Å². The molecule has 1 amide bonds. The number of carboxylic acids is 1. The van der Waals surface area contributed by atoms with Crippen LogP contribution in [-0.4, -0.2) is 98.4 Å². The van der Waals surface area contributed by atoms with E-state index in [9.17, 15) is 23.9 Å². The van der Waals surface area contributed by atoms with Crippen molar-refractivity contribution < 1.29 is 47.4 Å². The van der Waals surface area contributed by atoms with Crippen molar-refractivity contribution in [3.8, 4) is 11.4 Å². The minimum absolute atomic E-state index is 0.0586. The maximum Gasteiger partial charge on any atom is 0.410 e. The molecule has 0 bridgehead atoms. The maximum atomic E-state index is 15.4. The van der Waals surface area contributed by atoms with E-state index < -0.39 is 54.2 Å². The third-order valence-corrected chi connectivity index (χ3v) is 11.2. The van der Waals surface area contributed by atoms with Crippen LogP contribution in [-0.2, 0) is 26.4 Å². The number of aliphatic carboxylic acids is 1. The van der Waals surface area contributed by atoms with E-state index in [-0.39, 0.29) is 36.9 Å². The van der Waals surface area contributed by atoms with Crippen LogP contribution in [0.4, 0.5) is 25.0 Å². The predicted molar refractivity (Wildman–Crippen MR) is 217 cm³/mol. The Balaban J connectivity index is 0.928. The van der Waals surface area contributed by atoms with Crippen LogP contribution < -0.4 is 30.1 Å². The number of alkyl carbamates (subject to hydrolysis) is 1. The molecule has 0 radical (unpaired) electrons. The molecular formula is C42H50F2N9O8+. The topological polar surface area (TPSA) is 182 Å². The molecule has 5 atom stereocenters. The zero-order valence-electron chi connectivity index (χ0n) is 34.1. The summed E-state index contributed by atoms with van der Waals surface area (Å²) in [4.78, 5) is 40.4. The number of anilines is 2. The molecule has 2 aromatic heterocycles. The number of hydrogen-bond donors (Lipinski definition) is 3. The van der Waals surface area contributed by atoms with Gasteiger partial charge in [-0.1, -0.05) is 13.0 Å². The fourth-order valence-corrected chi connectivity index (χ4v) is 7.94. The molecule has 2 fully saturated rings. The number of nitrogens with one attached hydrogen (secondary N) is 1. The van der Waals surface area contributed by atoms with Gasteiger partial charge in [-0.25, -0.2) is 27.6 Å². The number of hydrogen-bond acceptors (Lipinski definition) is 11. The minimum atomic E-state index is -1.21. The summed E-state index contributed by atoms with van der Waals surface area (Å²) in [7, 11) is 0. The highest BCUT2D eigenvalue weighted by atomic mass is 19.1. The molecule has 4 heterocycles. The van der Waals surface area contributed by atoms with E-state index in [2.05, 4.69) is 25.3 Å². The Morgan fingerprint density at radius 1 is 0.984 bits per heavy atom. The molecule has 61 heavy (non-hydrogen) atoms. The number of halogens is 2. The summed E-state index contributed by atoms with van der Waals surface area (Å²) in [5.41, 5.74) is 1.50. The average Bonchev–Trinajstić information content (AvgIpc) is 3.99. The number of rotatable bonds is 16. The zero-order chi connectivity index (χ0) is 43.3. The predicted octanol–water partition coefficient (Wildman–Crippen LogP) is 3.80. The molecule has 19 heteroatoms. The number of nitrogens with zero attached hydrogens (tertiary/aromatic N) is 8. The van der Waals surface area contributed by atoms with E-state index in [0.717, 1.165) is 43.6 Å². The summed E-state index contributed by atoms with van der Waals surface area (Å²) in [6, 6.07) is 18.7. The zero-order valence-corrected chi connectivity index (χ0v) is 34.1. The number of carboxylic acid groups (broad SMARTS) is 1. The van der Waals surface area contributed by atoms with Gasteiger partial charge < -0.3 is 39.5 Å². The van der Waals surface area contributed by atoms with Gasteiger partial charge in [0.2, 0.25) is 12.6 Å². The molecule has 2 saturated heterocycles. The lowest BCUT2D eigenvalue weighted by Gasteiger charge is -2.37. The van der Waals surface area contributed by atoms with Gasteiger partial charge in [-0.05, 0) is 74.4 Å². The second-order valence-electron chi connectivity index (χ2n) is 15.4. The van der Waals surface area contributed by atoms with Crippen molar-refractivity contribution in [2.24, 2.45) is 5.92 Å². The van der Waals surface area contributed by atoms with Gasteiger partial charge in [-0.2, -0.15) is 9.67 Å². The fraction of sp³-hybridized carbons (Fsp3) is 0.429. The number of aliphatic hydroxyl groups excluding tert-OH is 1. The fourth-order valence-electron chi connectivity index (χ4n) is 7.94. The molecule has 1 unspecified atom stereocenters. The number of carbonyl (C=O) groups excluding carboxylic acids is 1. The number of ether oxygens (including phenoxy) is 3. The Kier molecular flexibility index (Phi) is 13.0. The van der Waals surface area contributed by atoms with Gasteiger partial charge in [0.05, 0.1) is 31.0 Å². The molecular weight excluding hydrogens is 797 g/mol. The minimum Gasteiger partial charge on any atom is -0.493 e. The largest absolute Gasteiger partial charge is 0.493 e. The van der Waals surface area contributed by atoms with Crippen molar-refractivity contribution in [2.75, 3.05) is 55.7 Å². The first kappa shape index (κ1) is 42.8. The number of carbonyl (C=O) groups is 2. The number of aromatic nitrogens is 6. The summed E-state index contributed by atoms with van der Waals surface area (Å²) < 4.78 is 52.9. The first-order valence-corrected chi connectivity index (χ1v) is 20.2. The first-order valence-electron chi connectivity index (χ1n) is 20.2. The van der Waals surface area contributed by atoms with Crippen molar-refractivity contribution in [3.05, 3.63) is 113 Å². The molecule has 3 N–H and O–H groups in total. The van der Waals surface area contributed by atoms with Gasteiger partial charge in [0, 0.05) is 67.1 Å². The van der Waals surface area contributed by atoms with Crippen molar-refractivity contribution in [1.29, 1.82) is 0 Å². The van der Waals surface area contributed by atoms with Crippen molar-refractivity contribution >= 4 is 23.4 Å². The standard InChI is InChI=1S/C42H49F2N9O8/c1-4-38(28(2)54)53-41(58)52(26-47-53)34-8-6-32(7-9-34)48-15-17-49(18-16-48)33-10-12-35(13-11-33)59-22-30-20-42(60-23-30,36-14-5-31(43)19-37(36)44)24-51-27-50(25-46-51)29(3)61-40(57)45-21-39(55)56/h5-14,19,25-30,38,54H,4,15-18,20-24H2,1-3H3,(H-,45,55,56,57)/p+1/t28-,29?,30+,38-,42-/m0/s1. The summed E-state index contributed by atoms with van der Waals surface area (Å²) in [6.07, 6.45) is 2.92. The van der Waals surface area contributed by atoms with Crippen LogP contribution in [0.15, 0.2) is 90.5 Å². The highest BCUT2D eigenvalue weighted by molar-refractivity contribution is 5.76. The molecule has 5 aromatic rings. The van der Waals surface area contributed by atoms with E-state index in [1.165, 1.54) is 43.3 Å². The van der Waals surface area contributed by atoms with Crippen LogP contribution in [0.3, 0.4) is 0 Å². The first-order chi connectivity index (χ1) is 29.3. The highest BCUT2D eigenvalue weighted by Gasteiger charge is 2.46. The lowest BCUT2D eigenvalue weighted by atomic mass is 9.87. The monoisotopic (exact) mass is 846 g/mol. The molecule has 2 aliphatic rings. The molecule has 2 aliphatic heterocycles. The van der Waals surface area contributed by atoms with Gasteiger partial charge >= 0.3 is 17.8 Å². The normalized spacial score (nSPS) is 19.3. The second kappa shape index (κ2) is 18.5. The SMILES string of the molecule is CC[C@@H]([C@H](C)O)n1ncn(-c2ccc(N3CCN(c4ccc(OC[C@@H]5CO[C@@](Cn6c[n+](C(C)OC(=O)NCC(=O)O)cn6)(c6ccc(F)cc6F)C5)cc4)CC3)cc2)c1=O. The summed E-state index contributed by atoms with van der Waals surface area (Å²) in [5, 5.41) is 29.6. The lowest BCUT2D eigenvalue weighted by Crippen LogP contribution is -2.46. The molecule has 0 spiro atoms. The van der Waals surface area contributed by atoms with Crippen molar-refractivity contribution in [1.82, 2.24) is 29.4 Å². The average molecular weight is 847 g/mol. The number of piperazine rings is 1. The number of amides is 1. The van der Waals surface area contributed by atoms with Gasteiger partial charge in [-0.15, -0.1) is 4.68 Å². The van der Waals surface area contributed by atoms with E-state index in [4.69, 9.17) is 19.3 Å². The van der Waals surface area contributed by atoms with Crippen molar-refractivity contribution in [2.45, 2.75) is 64.1 Å². The second-order valence-corrected chi connectivity index (χ2v) is 15.4. The Hall–Kier alpha value is -6.34.